The van der Waals surface area contributed by atoms with Gasteiger partial charge in [0.25, 0.3) is 0 Å². The molecular formula is C17H24O3. The molecule has 0 amide bonds. The molecule has 1 rings (SSSR count). The molecule has 0 spiro atoms. The molecule has 0 saturated carbocycles. The van der Waals surface area contributed by atoms with Gasteiger partial charge in [0.1, 0.15) is 11.4 Å². The summed E-state index contributed by atoms with van der Waals surface area (Å²) in [5, 5.41) is 0. The third-order valence-electron chi connectivity index (χ3n) is 2.74. The van der Waals surface area contributed by atoms with Gasteiger partial charge in [0, 0.05) is 19.3 Å². The van der Waals surface area contributed by atoms with Crippen molar-refractivity contribution in [1.29, 1.82) is 0 Å². The van der Waals surface area contributed by atoms with Crippen LogP contribution >= 0.6 is 0 Å². The summed E-state index contributed by atoms with van der Waals surface area (Å²) < 4.78 is 5.20. The number of benzene rings is 1. The number of hydrogen-bond donors (Lipinski definition) is 0. The van der Waals surface area contributed by atoms with E-state index in [2.05, 4.69) is 0 Å². The van der Waals surface area contributed by atoms with Crippen LogP contribution in [0.15, 0.2) is 24.3 Å². The molecule has 1 aromatic carbocycles. The molecule has 20 heavy (non-hydrogen) atoms. The molecule has 0 aliphatic carbocycles. The summed E-state index contributed by atoms with van der Waals surface area (Å²) in [6.45, 7) is 7.53. The van der Waals surface area contributed by atoms with E-state index in [1.165, 1.54) is 0 Å². The van der Waals surface area contributed by atoms with Gasteiger partial charge in [0.2, 0.25) is 0 Å². The highest BCUT2D eigenvalue weighted by Gasteiger charge is 2.16. The van der Waals surface area contributed by atoms with Gasteiger partial charge in [-0.05, 0) is 39.7 Å². The van der Waals surface area contributed by atoms with E-state index < -0.39 is 5.60 Å². The summed E-state index contributed by atoms with van der Waals surface area (Å²) in [5.74, 6) is -0.0694. The Morgan fingerprint density at radius 1 is 1.15 bits per heavy atom. The molecule has 3 heteroatoms. The van der Waals surface area contributed by atoms with Crippen LogP contribution in [0, 0.1) is 6.92 Å². The van der Waals surface area contributed by atoms with Crippen LogP contribution in [0.25, 0.3) is 0 Å². The number of ether oxygens (including phenoxy) is 1. The number of rotatable bonds is 6. The van der Waals surface area contributed by atoms with E-state index in [9.17, 15) is 9.59 Å². The first-order chi connectivity index (χ1) is 9.26. The summed E-state index contributed by atoms with van der Waals surface area (Å²) in [6.07, 6.45) is 1.72. The third-order valence-corrected chi connectivity index (χ3v) is 2.74. The van der Waals surface area contributed by atoms with E-state index >= 15 is 0 Å². The van der Waals surface area contributed by atoms with Crippen molar-refractivity contribution in [3.63, 3.8) is 0 Å². The highest BCUT2D eigenvalue weighted by atomic mass is 16.6. The lowest BCUT2D eigenvalue weighted by molar-refractivity contribution is -0.154. The normalized spacial score (nSPS) is 11.2. The second-order valence-electron chi connectivity index (χ2n) is 6.14. The average molecular weight is 276 g/mol. The summed E-state index contributed by atoms with van der Waals surface area (Å²) in [7, 11) is 0. The van der Waals surface area contributed by atoms with Gasteiger partial charge in [0.05, 0.1) is 0 Å². The van der Waals surface area contributed by atoms with Crippen LogP contribution in [-0.2, 0) is 20.7 Å². The van der Waals surface area contributed by atoms with Gasteiger partial charge in [-0.15, -0.1) is 0 Å². The molecule has 0 heterocycles. The van der Waals surface area contributed by atoms with E-state index in [-0.39, 0.29) is 11.8 Å². The van der Waals surface area contributed by atoms with Crippen molar-refractivity contribution in [2.24, 2.45) is 0 Å². The van der Waals surface area contributed by atoms with Gasteiger partial charge in [-0.1, -0.05) is 29.8 Å². The highest BCUT2D eigenvalue weighted by Crippen LogP contribution is 2.11. The maximum absolute atomic E-state index is 11.8. The Balaban J connectivity index is 2.29. The minimum atomic E-state index is -0.456. The minimum absolute atomic E-state index is 0.166. The van der Waals surface area contributed by atoms with Crippen molar-refractivity contribution in [3.8, 4) is 0 Å². The first kappa shape index (κ1) is 16.4. The molecule has 0 N–H and O–H groups in total. The van der Waals surface area contributed by atoms with Gasteiger partial charge >= 0.3 is 5.97 Å². The van der Waals surface area contributed by atoms with Crippen LogP contribution in [0.1, 0.15) is 51.2 Å². The zero-order chi connectivity index (χ0) is 15.2. The fraction of sp³-hybridized carbons (Fsp3) is 0.529. The molecule has 0 fully saturated rings. The molecule has 0 aromatic heterocycles. The topological polar surface area (TPSA) is 43.4 Å². The lowest BCUT2D eigenvalue weighted by Gasteiger charge is -2.19. The number of aryl methyl sites for hydroxylation is 1. The van der Waals surface area contributed by atoms with Crippen LogP contribution in [-0.4, -0.2) is 17.4 Å². The monoisotopic (exact) mass is 276 g/mol. The summed E-state index contributed by atoms with van der Waals surface area (Å²) in [5.41, 5.74) is 1.74. The Kier molecular flexibility index (Phi) is 5.93. The smallest absolute Gasteiger partial charge is 0.306 e. The average Bonchev–Trinajstić information content (AvgIpc) is 2.26. The molecule has 0 aliphatic heterocycles. The second kappa shape index (κ2) is 7.22. The predicted octanol–water partition coefficient (Wildman–Crippen LogP) is 3.62. The van der Waals surface area contributed by atoms with E-state index in [4.69, 9.17) is 4.74 Å². The Hall–Kier alpha value is -1.64. The van der Waals surface area contributed by atoms with Crippen LogP contribution in [0.4, 0.5) is 0 Å². The van der Waals surface area contributed by atoms with Crippen molar-refractivity contribution in [1.82, 2.24) is 0 Å². The number of esters is 1. The maximum Gasteiger partial charge on any atom is 0.306 e. The molecule has 0 atom stereocenters. The summed E-state index contributed by atoms with van der Waals surface area (Å²) in [6, 6.07) is 7.94. The molecule has 110 valence electrons. The first-order valence-electron chi connectivity index (χ1n) is 7.05. The van der Waals surface area contributed by atoms with Crippen molar-refractivity contribution in [2.75, 3.05) is 0 Å². The first-order valence-corrected chi connectivity index (χ1v) is 7.05. The van der Waals surface area contributed by atoms with Crippen LogP contribution in [0.2, 0.25) is 0 Å². The summed E-state index contributed by atoms with van der Waals surface area (Å²) in [4.78, 5) is 23.3. The Morgan fingerprint density at radius 2 is 1.85 bits per heavy atom. The van der Waals surface area contributed by atoms with Gasteiger partial charge < -0.3 is 4.74 Å². The number of Topliss-reactive ketones (excluding diaryl/α,β-unsaturated/α-hetero) is 1. The van der Waals surface area contributed by atoms with Crippen molar-refractivity contribution in [2.45, 2.75) is 59.0 Å². The Labute approximate surface area is 121 Å². The number of carbonyl (C=O) groups is 2. The van der Waals surface area contributed by atoms with E-state index in [0.717, 1.165) is 11.1 Å². The second-order valence-corrected chi connectivity index (χ2v) is 6.14. The molecule has 0 saturated heterocycles. The quantitative estimate of drug-likeness (QED) is 0.745. The molecule has 1 aromatic rings. The van der Waals surface area contributed by atoms with Gasteiger partial charge in [-0.2, -0.15) is 0 Å². The Morgan fingerprint density at radius 3 is 2.45 bits per heavy atom. The van der Waals surface area contributed by atoms with Crippen LogP contribution in [0.5, 0.6) is 0 Å². The van der Waals surface area contributed by atoms with Crippen molar-refractivity contribution in [3.05, 3.63) is 35.4 Å². The molecule has 0 radical (unpaired) electrons. The van der Waals surface area contributed by atoms with Gasteiger partial charge in [-0.25, -0.2) is 0 Å². The van der Waals surface area contributed by atoms with Crippen LogP contribution < -0.4 is 0 Å². The number of ketones is 1. The molecule has 0 aliphatic rings. The fourth-order valence-electron chi connectivity index (χ4n) is 1.96. The van der Waals surface area contributed by atoms with Gasteiger partial charge in [-0.3, -0.25) is 9.59 Å². The molecule has 0 unspecified atom stereocenters. The van der Waals surface area contributed by atoms with Crippen LogP contribution in [0.3, 0.4) is 0 Å². The lowest BCUT2D eigenvalue weighted by Crippen LogP contribution is -2.23. The predicted molar refractivity (Wildman–Crippen MR) is 79.6 cm³/mol. The standard InChI is InChI=1S/C17H24O3/c1-13-7-5-8-14(11-13)12-15(18)9-6-10-16(19)20-17(2,3)4/h5,7-8,11H,6,9-10,12H2,1-4H3. The summed E-state index contributed by atoms with van der Waals surface area (Å²) >= 11 is 0. The Bertz CT molecular complexity index is 469. The van der Waals surface area contributed by atoms with Gasteiger partial charge in [0.15, 0.2) is 0 Å². The number of hydrogen-bond acceptors (Lipinski definition) is 3. The third kappa shape index (κ3) is 7.07. The lowest BCUT2D eigenvalue weighted by atomic mass is 10.0. The maximum atomic E-state index is 11.8. The van der Waals surface area contributed by atoms with Crippen molar-refractivity contribution < 1.29 is 14.3 Å². The highest BCUT2D eigenvalue weighted by molar-refractivity contribution is 5.81. The molecule has 3 nitrogen and oxygen atoms in total. The number of carbonyl (C=O) groups excluding carboxylic acids is 2. The molecule has 0 bridgehead atoms. The van der Waals surface area contributed by atoms with Crippen molar-refractivity contribution >= 4 is 11.8 Å². The minimum Gasteiger partial charge on any atom is -0.460 e. The zero-order valence-corrected chi connectivity index (χ0v) is 12.9. The molecular weight excluding hydrogens is 252 g/mol. The van der Waals surface area contributed by atoms with E-state index in [0.29, 0.717) is 25.7 Å². The van der Waals surface area contributed by atoms with E-state index in [1.807, 2.05) is 52.0 Å². The van der Waals surface area contributed by atoms with E-state index in [1.54, 1.807) is 0 Å². The largest absolute Gasteiger partial charge is 0.460 e. The fourth-order valence-corrected chi connectivity index (χ4v) is 1.96. The SMILES string of the molecule is Cc1cccc(CC(=O)CCCC(=O)OC(C)(C)C)c1. The zero-order valence-electron chi connectivity index (χ0n) is 12.9.